The van der Waals surface area contributed by atoms with Gasteiger partial charge < -0.3 is 10.1 Å². The number of hydrazone groups is 1. The van der Waals surface area contributed by atoms with Crippen LogP contribution < -0.4 is 15.5 Å². The number of nitrogens with one attached hydrogen (secondary N) is 2. The predicted octanol–water partition coefficient (Wildman–Crippen LogP) is 4.14. The summed E-state index contributed by atoms with van der Waals surface area (Å²) in [4.78, 5) is 26.0. The Morgan fingerprint density at radius 3 is 2.38 bits per heavy atom. The molecule has 1 aliphatic heterocycles. The van der Waals surface area contributed by atoms with Crippen molar-refractivity contribution in [1.29, 1.82) is 0 Å². The number of methoxy groups -OCH3 is 1. The van der Waals surface area contributed by atoms with Gasteiger partial charge in [-0.1, -0.05) is 43.7 Å². The van der Waals surface area contributed by atoms with Crippen LogP contribution >= 0.6 is 0 Å². The van der Waals surface area contributed by atoms with Gasteiger partial charge in [0.2, 0.25) is 12.3 Å². The Morgan fingerprint density at radius 1 is 1.06 bits per heavy atom. The molecule has 0 radical (unpaired) electrons. The van der Waals surface area contributed by atoms with Crippen LogP contribution in [0.2, 0.25) is 0 Å². The number of hydrogen-bond donors (Lipinski definition) is 2. The van der Waals surface area contributed by atoms with Crippen molar-refractivity contribution in [3.05, 3.63) is 101 Å². The van der Waals surface area contributed by atoms with Crippen molar-refractivity contribution in [2.45, 2.75) is 38.8 Å². The number of benzene rings is 3. The number of amides is 2. The molecule has 2 N–H and O–H groups in total. The van der Waals surface area contributed by atoms with Gasteiger partial charge in [-0.25, -0.2) is 0 Å². The summed E-state index contributed by atoms with van der Waals surface area (Å²) in [5.41, 5.74) is 7.51. The van der Waals surface area contributed by atoms with Crippen LogP contribution in [-0.2, 0) is 4.79 Å². The number of hydrogen-bond acceptors (Lipinski definition) is 3. The van der Waals surface area contributed by atoms with Gasteiger partial charge in [0.1, 0.15) is 5.75 Å². The van der Waals surface area contributed by atoms with Crippen LogP contribution in [0.1, 0.15) is 58.4 Å². The van der Waals surface area contributed by atoms with Crippen LogP contribution in [0.25, 0.3) is 0 Å². The summed E-state index contributed by atoms with van der Waals surface area (Å²) in [6.07, 6.45) is 1.90. The molecule has 0 unspecified atom stereocenters. The number of nitrogens with zero attached hydrogens (tertiary/aromatic N) is 1. The molecule has 1 fully saturated rings. The van der Waals surface area contributed by atoms with Crippen LogP contribution in [0.5, 0.6) is 5.75 Å². The first kappa shape index (κ1) is 23.2. The molecule has 1 heterocycles. The molecule has 2 atom stereocenters. The molecule has 4 rings (SSSR count). The molecule has 0 spiro atoms. The van der Waals surface area contributed by atoms with E-state index in [1.165, 1.54) is 5.56 Å². The molecule has 6 heteroatoms. The summed E-state index contributed by atoms with van der Waals surface area (Å²) >= 11 is 0. The highest BCUT2D eigenvalue weighted by Gasteiger charge is 2.47. The summed E-state index contributed by atoms with van der Waals surface area (Å²) in [5.74, 6) is 0.609. The zero-order valence-corrected chi connectivity index (χ0v) is 19.9. The zero-order valence-electron chi connectivity index (χ0n) is 19.9. The lowest BCUT2D eigenvalue weighted by atomic mass is 9.99. The highest BCUT2D eigenvalue weighted by atomic mass is 16.5. The quantitative estimate of drug-likeness (QED) is 0.548. The summed E-state index contributed by atoms with van der Waals surface area (Å²) in [7, 11) is 1.61. The van der Waals surface area contributed by atoms with Crippen LogP contribution in [0.15, 0.2) is 72.8 Å². The lowest BCUT2D eigenvalue weighted by Crippen LogP contribution is -2.42. The maximum Gasteiger partial charge on any atom is 0.304 e. The highest BCUT2D eigenvalue weighted by Crippen LogP contribution is 2.27. The maximum atomic E-state index is 13.0. The molecular formula is C28H30N3O3+. The molecule has 1 saturated heterocycles. The summed E-state index contributed by atoms with van der Waals surface area (Å²) in [5, 5.41) is 2.95. The largest absolute Gasteiger partial charge is 0.497 e. The van der Waals surface area contributed by atoms with Gasteiger partial charge in [-0.05, 0) is 66.9 Å². The van der Waals surface area contributed by atoms with Crippen molar-refractivity contribution >= 4 is 18.0 Å². The molecule has 1 aliphatic rings. The van der Waals surface area contributed by atoms with Gasteiger partial charge in [-0.15, -0.1) is 10.1 Å². The van der Waals surface area contributed by atoms with Gasteiger partial charge in [0, 0.05) is 16.7 Å². The van der Waals surface area contributed by atoms with E-state index in [4.69, 9.17) is 4.74 Å². The van der Waals surface area contributed by atoms with Crippen molar-refractivity contribution < 1.29 is 19.0 Å². The predicted molar refractivity (Wildman–Crippen MR) is 132 cm³/mol. The van der Waals surface area contributed by atoms with Gasteiger partial charge >= 0.3 is 5.91 Å². The topological polar surface area (TPSA) is 70.4 Å². The third kappa shape index (κ3) is 5.01. The molecule has 6 nitrogen and oxygen atoms in total. The van der Waals surface area contributed by atoms with Crippen LogP contribution in [0, 0.1) is 6.92 Å². The number of ether oxygens (including phenoxy) is 1. The molecule has 0 aliphatic carbocycles. The first-order valence-electron chi connectivity index (χ1n) is 11.4. The van der Waals surface area contributed by atoms with Crippen molar-refractivity contribution in [2.24, 2.45) is 0 Å². The number of aryl methyl sites for hydroxylation is 1. The third-order valence-electron chi connectivity index (χ3n) is 6.05. The van der Waals surface area contributed by atoms with E-state index < -0.39 is 12.1 Å². The van der Waals surface area contributed by atoms with E-state index in [2.05, 4.69) is 36.7 Å². The van der Waals surface area contributed by atoms with E-state index in [-0.39, 0.29) is 11.8 Å². The monoisotopic (exact) mass is 456 g/mol. The average molecular weight is 457 g/mol. The minimum atomic E-state index is -0.771. The maximum absolute atomic E-state index is 13.0. The van der Waals surface area contributed by atoms with Crippen LogP contribution in [0.3, 0.4) is 0 Å². The minimum absolute atomic E-state index is 0.267. The Bertz CT molecular complexity index is 1210. The molecular weight excluding hydrogens is 426 g/mol. The van der Waals surface area contributed by atoms with Gasteiger partial charge in [0.05, 0.1) is 7.11 Å². The first-order chi connectivity index (χ1) is 16.4. The molecule has 0 saturated carbocycles. The molecule has 2 amide bonds. The number of carbonyl (C=O) groups excluding carboxylic acids is 2. The second-order valence-corrected chi connectivity index (χ2v) is 8.87. The van der Waals surface area contributed by atoms with Gasteiger partial charge in [-0.3, -0.25) is 9.59 Å². The van der Waals surface area contributed by atoms with Crippen LogP contribution in [-0.4, -0.2) is 35.9 Å². The van der Waals surface area contributed by atoms with Crippen molar-refractivity contribution in [3.8, 4) is 5.75 Å². The fourth-order valence-corrected chi connectivity index (χ4v) is 4.12. The van der Waals surface area contributed by atoms with Gasteiger partial charge in [-0.2, -0.15) is 0 Å². The summed E-state index contributed by atoms with van der Waals surface area (Å²) < 4.78 is 7.07. The lowest BCUT2D eigenvalue weighted by molar-refractivity contribution is -0.596. The second kappa shape index (κ2) is 9.91. The molecule has 174 valence electrons. The normalized spacial score (nSPS) is 18.7. The molecule has 3 aromatic rings. The Balaban J connectivity index is 1.69. The molecule has 34 heavy (non-hydrogen) atoms. The zero-order chi connectivity index (χ0) is 24.2. The van der Waals surface area contributed by atoms with E-state index in [9.17, 15) is 9.59 Å². The van der Waals surface area contributed by atoms with E-state index in [0.717, 1.165) is 22.4 Å². The second-order valence-electron chi connectivity index (χ2n) is 8.87. The fraction of sp³-hybridized carbons (Fsp3) is 0.250. The fourth-order valence-electron chi connectivity index (χ4n) is 4.12. The third-order valence-corrected chi connectivity index (χ3v) is 6.05. The van der Waals surface area contributed by atoms with E-state index in [1.54, 1.807) is 17.9 Å². The standard InChI is InChI=1S/C28H29N3O3/c1-18(2)21-10-8-20(9-11-21)17-31-26(22-12-14-24(34-4)15-13-22)25(28(33)30-31)29-27(32)23-7-5-6-19(3)16-23/h5-18,25-26H,1-4H3,(H-,29,30,32,33)/p+1/b31-17-/t25-,26+/m1/s1. The molecule has 0 bridgehead atoms. The Kier molecular flexibility index (Phi) is 6.77. The smallest absolute Gasteiger partial charge is 0.304 e. The highest BCUT2D eigenvalue weighted by molar-refractivity contribution is 5.98. The molecule has 0 aromatic heterocycles. The average Bonchev–Trinajstić information content (AvgIpc) is 3.13. The Labute approximate surface area is 200 Å². The SMILES string of the molecule is COc1ccc([C@H]2[C@@H](NC(=O)c3cccc(C)c3)C(=O)N/[N+]2=C\c2ccc(C(C)C)cc2)cc1. The van der Waals surface area contributed by atoms with Gasteiger partial charge in [0.25, 0.3) is 5.91 Å². The van der Waals surface area contributed by atoms with Crippen molar-refractivity contribution in [3.63, 3.8) is 0 Å². The molecule has 3 aromatic carbocycles. The lowest BCUT2D eigenvalue weighted by Gasteiger charge is -2.15. The van der Waals surface area contributed by atoms with E-state index in [1.807, 2.05) is 67.7 Å². The van der Waals surface area contributed by atoms with Crippen molar-refractivity contribution in [1.82, 2.24) is 10.7 Å². The minimum Gasteiger partial charge on any atom is -0.497 e. The number of hydrazine groups is 1. The summed E-state index contributed by atoms with van der Waals surface area (Å²) in [6.45, 7) is 6.24. The number of rotatable bonds is 6. The number of carbonyl (C=O) groups is 2. The van der Waals surface area contributed by atoms with Gasteiger partial charge in [0.15, 0.2) is 6.04 Å². The van der Waals surface area contributed by atoms with E-state index >= 15 is 0 Å². The Morgan fingerprint density at radius 2 is 1.76 bits per heavy atom. The Hall–Kier alpha value is -3.93. The van der Waals surface area contributed by atoms with Crippen LogP contribution in [0.4, 0.5) is 0 Å². The van der Waals surface area contributed by atoms with E-state index in [0.29, 0.717) is 11.5 Å². The van der Waals surface area contributed by atoms with Crippen molar-refractivity contribution in [2.75, 3.05) is 7.11 Å². The first-order valence-corrected chi connectivity index (χ1v) is 11.4. The summed E-state index contributed by atoms with van der Waals surface area (Å²) in [6, 6.07) is 21.9.